The molecule has 144 valence electrons. The number of amides is 1. The van der Waals surface area contributed by atoms with Gasteiger partial charge in [-0.15, -0.1) is 0 Å². The first-order chi connectivity index (χ1) is 13.4. The summed E-state index contributed by atoms with van der Waals surface area (Å²) in [7, 11) is 0. The van der Waals surface area contributed by atoms with Crippen LogP contribution in [-0.2, 0) is 16.1 Å². The molecule has 0 N–H and O–H groups in total. The summed E-state index contributed by atoms with van der Waals surface area (Å²) in [6, 6.07) is 10.5. The van der Waals surface area contributed by atoms with Crippen LogP contribution in [0.5, 0.6) is 0 Å². The van der Waals surface area contributed by atoms with Crippen molar-refractivity contribution in [1.29, 1.82) is 0 Å². The Morgan fingerprint density at radius 2 is 2.04 bits per heavy atom. The SMILES string of the molecule is CCOC(=O)Cn1c(=NC(=O)c2cccc([N+](=O)[O-])c2)sc2cccc(Cl)c21. The van der Waals surface area contributed by atoms with Gasteiger partial charge >= 0.3 is 5.97 Å². The fourth-order valence-electron chi connectivity index (χ4n) is 2.56. The molecule has 28 heavy (non-hydrogen) atoms. The quantitative estimate of drug-likeness (QED) is 0.357. The second-order valence-corrected chi connectivity index (χ2v) is 7.00. The number of hydrogen-bond acceptors (Lipinski definition) is 6. The highest BCUT2D eigenvalue weighted by Crippen LogP contribution is 2.25. The van der Waals surface area contributed by atoms with Crippen molar-refractivity contribution in [2.75, 3.05) is 6.61 Å². The molecule has 0 spiro atoms. The van der Waals surface area contributed by atoms with Gasteiger partial charge in [0, 0.05) is 17.7 Å². The lowest BCUT2D eigenvalue weighted by atomic mass is 10.2. The number of rotatable bonds is 5. The normalized spacial score (nSPS) is 11.6. The second kappa shape index (κ2) is 8.32. The minimum absolute atomic E-state index is 0.0698. The van der Waals surface area contributed by atoms with Gasteiger partial charge in [-0.25, -0.2) is 0 Å². The molecule has 1 aromatic heterocycles. The summed E-state index contributed by atoms with van der Waals surface area (Å²) >= 11 is 7.46. The van der Waals surface area contributed by atoms with Crippen molar-refractivity contribution < 1.29 is 19.2 Å². The van der Waals surface area contributed by atoms with Gasteiger partial charge < -0.3 is 9.30 Å². The Morgan fingerprint density at radius 3 is 2.75 bits per heavy atom. The van der Waals surface area contributed by atoms with Crippen molar-refractivity contribution in [3.63, 3.8) is 0 Å². The molecule has 0 unspecified atom stereocenters. The van der Waals surface area contributed by atoms with E-state index >= 15 is 0 Å². The summed E-state index contributed by atoms with van der Waals surface area (Å²) < 4.78 is 7.24. The van der Waals surface area contributed by atoms with E-state index in [9.17, 15) is 19.7 Å². The fraction of sp³-hybridized carbons (Fsp3) is 0.167. The van der Waals surface area contributed by atoms with Crippen LogP contribution < -0.4 is 4.80 Å². The number of para-hydroxylation sites is 1. The maximum atomic E-state index is 12.6. The molecule has 0 saturated carbocycles. The number of esters is 1. The Balaban J connectivity index is 2.12. The number of fused-ring (bicyclic) bond motifs is 1. The van der Waals surface area contributed by atoms with Gasteiger partial charge in [0.1, 0.15) is 6.54 Å². The summed E-state index contributed by atoms with van der Waals surface area (Å²) in [5, 5.41) is 11.3. The van der Waals surface area contributed by atoms with E-state index in [1.165, 1.54) is 34.1 Å². The molecule has 0 atom stereocenters. The van der Waals surface area contributed by atoms with Crippen molar-refractivity contribution in [3.8, 4) is 0 Å². The number of aromatic nitrogens is 1. The molecule has 1 heterocycles. The average molecular weight is 420 g/mol. The number of nitro benzene ring substituents is 1. The third-order valence-electron chi connectivity index (χ3n) is 3.75. The Labute approximate surface area is 167 Å². The molecular formula is C18H14ClN3O5S. The first-order valence-corrected chi connectivity index (χ1v) is 9.37. The lowest BCUT2D eigenvalue weighted by molar-refractivity contribution is -0.384. The molecule has 1 amide bonds. The predicted molar refractivity (Wildman–Crippen MR) is 104 cm³/mol. The lowest BCUT2D eigenvalue weighted by Gasteiger charge is -2.06. The molecule has 3 rings (SSSR count). The zero-order chi connectivity index (χ0) is 20.3. The number of carbonyl (C=O) groups excluding carboxylic acids is 2. The Hall–Kier alpha value is -3.04. The van der Waals surface area contributed by atoms with E-state index in [0.717, 1.165) is 10.8 Å². The second-order valence-electron chi connectivity index (χ2n) is 5.59. The highest BCUT2D eigenvalue weighted by atomic mass is 35.5. The molecule has 0 radical (unpaired) electrons. The van der Waals surface area contributed by atoms with Gasteiger partial charge in [-0.05, 0) is 25.1 Å². The zero-order valence-electron chi connectivity index (χ0n) is 14.6. The van der Waals surface area contributed by atoms with Gasteiger partial charge in [0.25, 0.3) is 11.6 Å². The summed E-state index contributed by atoms with van der Waals surface area (Å²) in [6.45, 7) is 1.74. The van der Waals surface area contributed by atoms with Crippen LogP contribution >= 0.6 is 22.9 Å². The third-order valence-corrected chi connectivity index (χ3v) is 5.09. The number of non-ortho nitro benzene ring substituents is 1. The molecule has 10 heteroatoms. The molecule has 8 nitrogen and oxygen atoms in total. The van der Waals surface area contributed by atoms with Crippen molar-refractivity contribution in [3.05, 3.63) is 68.0 Å². The van der Waals surface area contributed by atoms with E-state index in [1.54, 1.807) is 25.1 Å². The maximum absolute atomic E-state index is 12.6. The van der Waals surface area contributed by atoms with E-state index in [1.807, 2.05) is 0 Å². The van der Waals surface area contributed by atoms with E-state index in [-0.39, 0.29) is 29.2 Å². The smallest absolute Gasteiger partial charge is 0.326 e. The van der Waals surface area contributed by atoms with Gasteiger partial charge in [0.2, 0.25) is 0 Å². The third kappa shape index (κ3) is 4.10. The first-order valence-electron chi connectivity index (χ1n) is 8.17. The van der Waals surface area contributed by atoms with Gasteiger partial charge in [0.15, 0.2) is 4.80 Å². The predicted octanol–water partition coefficient (Wildman–Crippen LogP) is 3.57. The molecule has 0 aliphatic rings. The molecule has 0 saturated heterocycles. The number of nitro groups is 1. The van der Waals surface area contributed by atoms with E-state index < -0.39 is 16.8 Å². The van der Waals surface area contributed by atoms with Crippen LogP contribution in [0.1, 0.15) is 17.3 Å². The molecule has 0 aliphatic carbocycles. The monoisotopic (exact) mass is 419 g/mol. The number of hydrogen-bond donors (Lipinski definition) is 0. The van der Waals surface area contributed by atoms with Gasteiger partial charge in [-0.2, -0.15) is 4.99 Å². The van der Waals surface area contributed by atoms with E-state index in [4.69, 9.17) is 16.3 Å². The molecule has 0 fully saturated rings. The topological polar surface area (TPSA) is 104 Å². The summed E-state index contributed by atoms with van der Waals surface area (Å²) in [6.07, 6.45) is 0. The number of ether oxygens (including phenoxy) is 1. The Kier molecular flexibility index (Phi) is 5.86. The minimum Gasteiger partial charge on any atom is -0.465 e. The standard InChI is InChI=1S/C18H14ClN3O5S/c1-2-27-15(23)10-21-16-13(19)7-4-8-14(16)28-18(21)20-17(24)11-5-3-6-12(9-11)22(25)26/h3-9H,2,10H2,1H3. The number of halogens is 1. The molecular weight excluding hydrogens is 406 g/mol. The van der Waals surface area contributed by atoms with Gasteiger partial charge in [-0.1, -0.05) is 35.1 Å². The zero-order valence-corrected chi connectivity index (χ0v) is 16.2. The Morgan fingerprint density at radius 1 is 1.29 bits per heavy atom. The van der Waals surface area contributed by atoms with Gasteiger partial charge in [0.05, 0.1) is 26.8 Å². The van der Waals surface area contributed by atoms with Crippen molar-refractivity contribution in [2.45, 2.75) is 13.5 Å². The van der Waals surface area contributed by atoms with Crippen LogP contribution in [0.15, 0.2) is 47.5 Å². The number of carbonyl (C=O) groups is 2. The highest BCUT2D eigenvalue weighted by molar-refractivity contribution is 7.16. The average Bonchev–Trinajstić information content (AvgIpc) is 3.00. The van der Waals surface area contributed by atoms with Crippen LogP contribution in [-0.4, -0.2) is 28.0 Å². The van der Waals surface area contributed by atoms with Crippen molar-refractivity contribution >= 4 is 50.7 Å². The summed E-state index contributed by atoms with van der Waals surface area (Å²) in [4.78, 5) is 39.2. The number of nitrogens with zero attached hydrogens (tertiary/aromatic N) is 3. The maximum Gasteiger partial charge on any atom is 0.326 e. The van der Waals surface area contributed by atoms with Gasteiger partial charge in [-0.3, -0.25) is 19.7 Å². The molecule has 0 aliphatic heterocycles. The van der Waals surface area contributed by atoms with E-state index in [2.05, 4.69) is 4.99 Å². The fourth-order valence-corrected chi connectivity index (χ4v) is 3.95. The highest BCUT2D eigenvalue weighted by Gasteiger charge is 2.16. The van der Waals surface area contributed by atoms with E-state index in [0.29, 0.717) is 10.5 Å². The van der Waals surface area contributed by atoms with Crippen molar-refractivity contribution in [2.24, 2.45) is 4.99 Å². The Bertz CT molecular complexity index is 1150. The van der Waals surface area contributed by atoms with Crippen LogP contribution in [0.25, 0.3) is 10.2 Å². The molecule has 2 aromatic carbocycles. The molecule has 3 aromatic rings. The summed E-state index contributed by atoms with van der Waals surface area (Å²) in [5.41, 5.74) is 0.424. The van der Waals surface area contributed by atoms with Crippen LogP contribution in [0.4, 0.5) is 5.69 Å². The number of benzene rings is 2. The number of thiazole rings is 1. The largest absolute Gasteiger partial charge is 0.465 e. The van der Waals surface area contributed by atoms with Crippen LogP contribution in [0.3, 0.4) is 0 Å². The van der Waals surface area contributed by atoms with Crippen LogP contribution in [0, 0.1) is 10.1 Å². The molecule has 0 bridgehead atoms. The summed E-state index contributed by atoms with van der Waals surface area (Å²) in [5.74, 6) is -1.16. The first kappa shape index (κ1) is 19.7. The lowest BCUT2D eigenvalue weighted by Crippen LogP contribution is -2.23. The minimum atomic E-state index is -0.663. The van der Waals surface area contributed by atoms with Crippen LogP contribution in [0.2, 0.25) is 5.02 Å². The van der Waals surface area contributed by atoms with Crippen molar-refractivity contribution in [1.82, 2.24) is 4.57 Å².